The zero-order valence-corrected chi connectivity index (χ0v) is 17.8. The molecule has 4 rings (SSSR count). The van der Waals surface area contributed by atoms with Crippen molar-refractivity contribution >= 4 is 21.7 Å². The summed E-state index contributed by atoms with van der Waals surface area (Å²) in [6, 6.07) is 20.4. The van der Waals surface area contributed by atoms with E-state index in [1.807, 2.05) is 18.2 Å². The monoisotopic (exact) mass is 433 g/mol. The van der Waals surface area contributed by atoms with E-state index in [0.717, 1.165) is 19.3 Å². The summed E-state index contributed by atoms with van der Waals surface area (Å²) in [5.74, 6) is -0.124. The van der Waals surface area contributed by atoms with E-state index in [1.54, 1.807) is 42.5 Å². The van der Waals surface area contributed by atoms with Crippen molar-refractivity contribution < 1.29 is 17.9 Å². The van der Waals surface area contributed by atoms with Crippen molar-refractivity contribution in [3.63, 3.8) is 0 Å². The van der Waals surface area contributed by atoms with Crippen LogP contribution in [0.5, 0.6) is 5.75 Å². The minimum atomic E-state index is -3.90. The minimum Gasteiger partial charge on any atom is -0.423 e. The fourth-order valence-corrected chi connectivity index (χ4v) is 5.22. The minimum absolute atomic E-state index is 0.0154. The number of hydrogen-bond acceptors (Lipinski definition) is 4. The van der Waals surface area contributed by atoms with Gasteiger partial charge in [-0.05, 0) is 72.9 Å². The van der Waals surface area contributed by atoms with Crippen LogP contribution >= 0.6 is 0 Å². The molecule has 6 heteroatoms. The molecule has 3 aromatic carbocycles. The highest BCUT2D eigenvalue weighted by Crippen LogP contribution is 2.27. The summed E-state index contributed by atoms with van der Waals surface area (Å²) < 4.78 is 33.4. The SMILES string of the molecule is C=CCN(c1ccccc1)S(=O)(=O)c1cccc(C(=O)Oc2ccc3c(c2)CCC3)c1. The van der Waals surface area contributed by atoms with Crippen molar-refractivity contribution in [1.29, 1.82) is 0 Å². The maximum absolute atomic E-state index is 13.3. The Morgan fingerprint density at radius 1 is 0.968 bits per heavy atom. The molecular weight excluding hydrogens is 410 g/mol. The number of benzene rings is 3. The van der Waals surface area contributed by atoms with Gasteiger partial charge >= 0.3 is 5.97 Å². The van der Waals surface area contributed by atoms with E-state index in [2.05, 4.69) is 6.58 Å². The number of carbonyl (C=O) groups excluding carboxylic acids is 1. The first-order valence-corrected chi connectivity index (χ1v) is 11.6. The molecule has 0 atom stereocenters. The highest BCUT2D eigenvalue weighted by atomic mass is 32.2. The summed E-state index contributed by atoms with van der Waals surface area (Å²) in [5, 5.41) is 0. The quantitative estimate of drug-likeness (QED) is 0.306. The third kappa shape index (κ3) is 4.39. The number of aryl methyl sites for hydroxylation is 2. The average molecular weight is 434 g/mol. The number of sulfonamides is 1. The molecule has 1 aliphatic rings. The largest absolute Gasteiger partial charge is 0.423 e. The van der Waals surface area contributed by atoms with Crippen molar-refractivity contribution in [3.8, 4) is 5.75 Å². The van der Waals surface area contributed by atoms with Crippen LogP contribution in [-0.4, -0.2) is 20.9 Å². The second-order valence-corrected chi connectivity index (χ2v) is 9.22. The summed E-state index contributed by atoms with van der Waals surface area (Å²) in [6.07, 6.45) is 4.66. The fourth-order valence-electron chi connectivity index (χ4n) is 3.74. The number of hydrogen-bond donors (Lipinski definition) is 0. The molecule has 0 saturated heterocycles. The van der Waals surface area contributed by atoms with E-state index in [-0.39, 0.29) is 17.0 Å². The number of anilines is 1. The normalized spacial score (nSPS) is 12.8. The van der Waals surface area contributed by atoms with Gasteiger partial charge in [0.1, 0.15) is 5.75 Å². The molecule has 0 spiro atoms. The summed E-state index contributed by atoms with van der Waals surface area (Å²) in [6.45, 7) is 3.78. The maximum Gasteiger partial charge on any atom is 0.343 e. The highest BCUT2D eigenvalue weighted by Gasteiger charge is 2.25. The van der Waals surface area contributed by atoms with Gasteiger partial charge in [-0.25, -0.2) is 13.2 Å². The first-order chi connectivity index (χ1) is 15.0. The zero-order chi connectivity index (χ0) is 21.8. The predicted octanol–water partition coefficient (Wildman–Crippen LogP) is 4.78. The molecule has 0 heterocycles. The van der Waals surface area contributed by atoms with E-state index in [4.69, 9.17) is 4.74 Å². The smallest absolute Gasteiger partial charge is 0.343 e. The molecule has 0 radical (unpaired) electrons. The molecule has 0 saturated carbocycles. The number of ether oxygens (including phenoxy) is 1. The van der Waals surface area contributed by atoms with Crippen LogP contribution in [0.25, 0.3) is 0 Å². The second kappa shape index (κ2) is 8.78. The lowest BCUT2D eigenvalue weighted by Crippen LogP contribution is -2.31. The van der Waals surface area contributed by atoms with Crippen molar-refractivity contribution in [1.82, 2.24) is 0 Å². The molecule has 1 aliphatic carbocycles. The number of para-hydroxylation sites is 1. The molecule has 0 unspecified atom stereocenters. The van der Waals surface area contributed by atoms with Crippen LogP contribution in [0.15, 0.2) is 90.3 Å². The fraction of sp³-hybridized carbons (Fsp3) is 0.160. The Balaban J connectivity index is 1.60. The van der Waals surface area contributed by atoms with E-state index in [1.165, 1.54) is 33.6 Å². The highest BCUT2D eigenvalue weighted by molar-refractivity contribution is 7.92. The third-order valence-electron chi connectivity index (χ3n) is 5.28. The van der Waals surface area contributed by atoms with Crippen molar-refractivity contribution in [2.45, 2.75) is 24.2 Å². The second-order valence-electron chi connectivity index (χ2n) is 7.36. The Hall–Kier alpha value is -3.38. The summed E-state index contributed by atoms with van der Waals surface area (Å²) in [5.41, 5.74) is 3.18. The lowest BCUT2D eigenvalue weighted by molar-refractivity contribution is 0.0734. The van der Waals surface area contributed by atoms with Crippen LogP contribution in [0.3, 0.4) is 0 Å². The van der Waals surface area contributed by atoms with Crippen LogP contribution in [0.2, 0.25) is 0 Å². The van der Waals surface area contributed by atoms with Crippen molar-refractivity contribution in [2.24, 2.45) is 0 Å². The van der Waals surface area contributed by atoms with E-state index in [9.17, 15) is 13.2 Å². The van der Waals surface area contributed by atoms with Gasteiger partial charge in [-0.15, -0.1) is 6.58 Å². The number of carbonyl (C=O) groups is 1. The van der Waals surface area contributed by atoms with E-state index in [0.29, 0.717) is 11.4 Å². The van der Waals surface area contributed by atoms with Crippen LogP contribution < -0.4 is 9.04 Å². The molecule has 158 valence electrons. The average Bonchev–Trinajstić information content (AvgIpc) is 3.26. The van der Waals surface area contributed by atoms with Gasteiger partial charge < -0.3 is 4.74 Å². The van der Waals surface area contributed by atoms with Crippen LogP contribution in [0.1, 0.15) is 27.9 Å². The number of rotatable bonds is 7. The molecule has 0 N–H and O–H groups in total. The van der Waals surface area contributed by atoms with E-state index < -0.39 is 16.0 Å². The molecule has 0 amide bonds. The molecule has 31 heavy (non-hydrogen) atoms. The summed E-state index contributed by atoms with van der Waals surface area (Å²) >= 11 is 0. The van der Waals surface area contributed by atoms with Gasteiger partial charge in [0.15, 0.2) is 0 Å². The summed E-state index contributed by atoms with van der Waals surface area (Å²) in [4.78, 5) is 12.7. The molecule has 0 aromatic heterocycles. The van der Waals surface area contributed by atoms with Gasteiger partial charge in [-0.3, -0.25) is 4.31 Å². The van der Waals surface area contributed by atoms with Gasteiger partial charge in [0, 0.05) is 0 Å². The van der Waals surface area contributed by atoms with Gasteiger partial charge in [-0.2, -0.15) is 0 Å². The third-order valence-corrected chi connectivity index (χ3v) is 7.07. The Morgan fingerprint density at radius 2 is 1.74 bits per heavy atom. The standard InChI is InChI=1S/C25H23NO4S/c1-2-16-26(22-11-4-3-5-12-22)31(28,29)24-13-7-10-21(18-24)25(27)30-23-15-14-19-8-6-9-20(19)17-23/h2-5,7,10-15,17-18H,1,6,8-9,16H2. The van der Waals surface area contributed by atoms with Gasteiger partial charge in [0.2, 0.25) is 0 Å². The number of esters is 1. The van der Waals surface area contributed by atoms with E-state index >= 15 is 0 Å². The van der Waals surface area contributed by atoms with Gasteiger partial charge in [-0.1, -0.05) is 36.4 Å². The van der Waals surface area contributed by atoms with Crippen LogP contribution in [-0.2, 0) is 22.9 Å². The summed E-state index contributed by atoms with van der Waals surface area (Å²) in [7, 11) is -3.90. The van der Waals surface area contributed by atoms with Gasteiger partial charge in [0.05, 0.1) is 22.7 Å². The predicted molar refractivity (Wildman–Crippen MR) is 121 cm³/mol. The Bertz CT molecular complexity index is 1220. The first-order valence-electron chi connectivity index (χ1n) is 10.1. The molecule has 0 fully saturated rings. The first kappa shape index (κ1) is 20.9. The Labute approximate surface area is 182 Å². The Kier molecular flexibility index (Phi) is 5.91. The van der Waals surface area contributed by atoms with Crippen LogP contribution in [0, 0.1) is 0 Å². The molecule has 0 bridgehead atoms. The van der Waals surface area contributed by atoms with Crippen molar-refractivity contribution in [3.05, 3.63) is 102 Å². The van der Waals surface area contributed by atoms with Crippen LogP contribution in [0.4, 0.5) is 5.69 Å². The van der Waals surface area contributed by atoms with Crippen molar-refractivity contribution in [2.75, 3.05) is 10.8 Å². The zero-order valence-electron chi connectivity index (χ0n) is 17.0. The van der Waals surface area contributed by atoms with Gasteiger partial charge in [0.25, 0.3) is 10.0 Å². The molecule has 5 nitrogen and oxygen atoms in total. The lowest BCUT2D eigenvalue weighted by Gasteiger charge is -2.23. The molecule has 0 aliphatic heterocycles. The lowest BCUT2D eigenvalue weighted by atomic mass is 10.1. The number of nitrogens with zero attached hydrogens (tertiary/aromatic N) is 1. The number of fused-ring (bicyclic) bond motifs is 1. The Morgan fingerprint density at radius 3 is 2.52 bits per heavy atom. The molecule has 3 aromatic rings. The maximum atomic E-state index is 13.3. The molecular formula is C25H23NO4S. The topological polar surface area (TPSA) is 63.7 Å².